The number of hydrogen-bond donors (Lipinski definition) is 0. The van der Waals surface area contributed by atoms with Crippen LogP contribution >= 0.6 is 0 Å². The lowest BCUT2D eigenvalue weighted by molar-refractivity contribution is -0.883. The zero-order valence-corrected chi connectivity index (χ0v) is 22.7. The monoisotopic (exact) mass is 489 g/mol. The minimum atomic E-state index is -0.0430. The Balaban J connectivity index is 0. The molecule has 1 atom stereocenters. The van der Waals surface area contributed by atoms with E-state index in [0.29, 0.717) is 19.1 Å². The van der Waals surface area contributed by atoms with Gasteiger partial charge in [0.1, 0.15) is 0 Å². The van der Waals surface area contributed by atoms with Gasteiger partial charge in [0.2, 0.25) is 0 Å². The lowest BCUT2D eigenvalue weighted by atomic mass is 10.0. The van der Waals surface area contributed by atoms with Crippen molar-refractivity contribution in [2.45, 2.75) is 111 Å². The Morgan fingerprint density at radius 1 is 0.900 bits per heavy atom. The first-order valence-electron chi connectivity index (χ1n) is 12.4. The van der Waals surface area contributed by atoms with Crippen molar-refractivity contribution in [3.8, 4) is 0 Å². The molecule has 0 spiro atoms. The average Bonchev–Trinajstić information content (AvgIpc) is 2.62. The third-order valence-corrected chi connectivity index (χ3v) is 5.76. The first kappa shape index (κ1) is 31.8. The summed E-state index contributed by atoms with van der Waals surface area (Å²) in [5.74, 6) is 0.561. The third-order valence-electron chi connectivity index (χ3n) is 5.76. The van der Waals surface area contributed by atoms with Crippen molar-refractivity contribution < 1.29 is 31.0 Å². The second-order valence-electron chi connectivity index (χ2n) is 9.97. The minimum absolute atomic E-state index is 0. The van der Waals surface area contributed by atoms with Crippen LogP contribution in [0.2, 0.25) is 0 Å². The molecule has 0 fully saturated rings. The van der Waals surface area contributed by atoms with Gasteiger partial charge in [0.25, 0.3) is 0 Å². The van der Waals surface area contributed by atoms with E-state index in [0.717, 1.165) is 23.9 Å². The number of quaternary nitrogens is 1. The van der Waals surface area contributed by atoms with Crippen LogP contribution in [0.4, 0.5) is 0 Å². The molecule has 4 heteroatoms. The van der Waals surface area contributed by atoms with E-state index in [1.54, 1.807) is 0 Å². The summed E-state index contributed by atoms with van der Waals surface area (Å²) in [6.07, 6.45) is 19.1. The van der Waals surface area contributed by atoms with Crippen LogP contribution in [-0.4, -0.2) is 44.2 Å². The van der Waals surface area contributed by atoms with Crippen molar-refractivity contribution in [2.24, 2.45) is 5.92 Å². The zero-order chi connectivity index (χ0) is 22.0. The number of esters is 1. The lowest BCUT2D eigenvalue weighted by Gasteiger charge is -2.28. The molecule has 0 radical (unpaired) electrons. The molecule has 0 amide bonds. The fraction of sp³-hybridized carbons (Fsp3) is 0.885. The largest absolute Gasteiger partial charge is 1.00 e. The van der Waals surface area contributed by atoms with E-state index in [1.807, 2.05) is 0 Å². The maximum Gasteiger partial charge on any atom is 0.361 e. The van der Waals surface area contributed by atoms with Gasteiger partial charge < -0.3 is 26.2 Å². The van der Waals surface area contributed by atoms with E-state index in [1.165, 1.54) is 76.2 Å². The average molecular weight is 491 g/mol. The first-order chi connectivity index (χ1) is 13.8. The number of likely N-dealkylation sites (N-methyl/N-ethyl adjacent to an activating group) is 1. The van der Waals surface area contributed by atoms with Crippen molar-refractivity contribution in [1.29, 1.82) is 0 Å². The molecule has 0 aromatic rings. The molecule has 0 aliphatic heterocycles. The zero-order valence-electron chi connectivity index (χ0n) is 21.1. The molecule has 0 aromatic carbocycles. The smallest absolute Gasteiger partial charge is 0.361 e. The lowest BCUT2D eigenvalue weighted by Crippen LogP contribution is -3.00. The Bertz CT molecular complexity index is 431. The molecule has 0 aliphatic carbocycles. The van der Waals surface area contributed by atoms with E-state index in [9.17, 15) is 4.79 Å². The van der Waals surface area contributed by atoms with Gasteiger partial charge in [-0.25, -0.2) is 4.79 Å². The van der Waals surface area contributed by atoms with Gasteiger partial charge in [-0.2, -0.15) is 0 Å². The van der Waals surface area contributed by atoms with Crippen molar-refractivity contribution in [1.82, 2.24) is 0 Å². The molecular weight excluding hydrogens is 438 g/mol. The van der Waals surface area contributed by atoms with Crippen molar-refractivity contribution in [3.05, 3.63) is 11.6 Å². The van der Waals surface area contributed by atoms with Crippen LogP contribution < -0.4 is 17.0 Å². The van der Waals surface area contributed by atoms with Gasteiger partial charge in [-0.05, 0) is 51.9 Å². The Kier molecular flexibility index (Phi) is 21.8. The topological polar surface area (TPSA) is 26.3 Å². The van der Waals surface area contributed by atoms with Crippen molar-refractivity contribution >= 4 is 5.97 Å². The number of hydrogen-bond acceptors (Lipinski definition) is 2. The molecule has 0 heterocycles. The standard InChI is InChI=1S/C26H52NO2.BrH/c1-7-8-9-10-11-12-13-14-15-16-21-27(5,6)23-26(28)29-22-20-25(4)19-17-18-24(2)3;/h18,25H,7-17,19-23H2,1-6H3;1H/q+1;/p-1. The first-order valence-corrected chi connectivity index (χ1v) is 12.4. The second-order valence-corrected chi connectivity index (χ2v) is 9.97. The maximum absolute atomic E-state index is 12.2. The van der Waals surface area contributed by atoms with Crippen LogP contribution in [0.15, 0.2) is 11.6 Å². The Hall–Kier alpha value is -0.350. The third kappa shape index (κ3) is 22.3. The Morgan fingerprint density at radius 2 is 1.43 bits per heavy atom. The van der Waals surface area contributed by atoms with Gasteiger partial charge >= 0.3 is 5.97 Å². The number of nitrogens with zero attached hydrogens (tertiary/aromatic N) is 1. The van der Waals surface area contributed by atoms with E-state index in [-0.39, 0.29) is 23.0 Å². The summed E-state index contributed by atoms with van der Waals surface area (Å²) >= 11 is 0. The van der Waals surface area contributed by atoms with E-state index < -0.39 is 0 Å². The van der Waals surface area contributed by atoms with Gasteiger partial charge in [0.15, 0.2) is 6.54 Å². The van der Waals surface area contributed by atoms with Crippen LogP contribution in [-0.2, 0) is 9.53 Å². The molecule has 0 aliphatic rings. The minimum Gasteiger partial charge on any atom is -1.00 e. The highest BCUT2D eigenvalue weighted by Crippen LogP contribution is 2.13. The second kappa shape index (κ2) is 20.5. The summed E-state index contributed by atoms with van der Waals surface area (Å²) in [6, 6.07) is 0. The fourth-order valence-electron chi connectivity index (χ4n) is 3.68. The number of allylic oxidation sites excluding steroid dienone is 2. The van der Waals surface area contributed by atoms with E-state index in [2.05, 4.69) is 47.9 Å². The van der Waals surface area contributed by atoms with Gasteiger partial charge in [0, 0.05) is 0 Å². The van der Waals surface area contributed by atoms with Crippen LogP contribution in [0, 0.1) is 5.92 Å². The maximum atomic E-state index is 12.2. The molecule has 0 bridgehead atoms. The summed E-state index contributed by atoms with van der Waals surface area (Å²) in [6.45, 7) is 10.9. The van der Waals surface area contributed by atoms with Gasteiger partial charge in [-0.15, -0.1) is 0 Å². The molecule has 0 N–H and O–H groups in total. The Morgan fingerprint density at radius 3 is 1.97 bits per heavy atom. The van der Waals surface area contributed by atoms with Crippen molar-refractivity contribution in [2.75, 3.05) is 33.8 Å². The molecule has 3 nitrogen and oxygen atoms in total. The van der Waals surface area contributed by atoms with E-state index >= 15 is 0 Å². The normalized spacial score (nSPS) is 12.2. The summed E-state index contributed by atoms with van der Waals surface area (Å²) in [4.78, 5) is 12.2. The fourth-order valence-corrected chi connectivity index (χ4v) is 3.68. The highest BCUT2D eigenvalue weighted by Gasteiger charge is 2.20. The van der Waals surface area contributed by atoms with Gasteiger partial charge in [0.05, 0.1) is 27.2 Å². The predicted octanol–water partition coefficient (Wildman–Crippen LogP) is 4.30. The molecule has 0 saturated heterocycles. The van der Waals surface area contributed by atoms with Gasteiger partial charge in [-0.1, -0.05) is 76.9 Å². The quantitative estimate of drug-likeness (QED) is 0.117. The number of ether oxygens (including phenoxy) is 1. The van der Waals surface area contributed by atoms with Crippen molar-refractivity contribution in [3.63, 3.8) is 0 Å². The molecule has 0 aromatic heterocycles. The summed E-state index contributed by atoms with van der Waals surface area (Å²) in [7, 11) is 4.30. The highest BCUT2D eigenvalue weighted by atomic mass is 79.9. The molecular formula is C26H52BrNO2. The SMILES string of the molecule is CCCCCCCCCCCC[N+](C)(C)CC(=O)OCCC(C)CCC=C(C)C.[Br-]. The Labute approximate surface area is 199 Å². The summed E-state index contributed by atoms with van der Waals surface area (Å²) in [5.41, 5.74) is 1.38. The number of halogens is 1. The molecule has 30 heavy (non-hydrogen) atoms. The van der Waals surface area contributed by atoms with Gasteiger partial charge in [-0.3, -0.25) is 0 Å². The molecule has 180 valence electrons. The number of unbranched alkanes of at least 4 members (excludes halogenated alkanes) is 9. The molecule has 0 rings (SSSR count). The van der Waals surface area contributed by atoms with Crippen LogP contribution in [0.5, 0.6) is 0 Å². The summed E-state index contributed by atoms with van der Waals surface area (Å²) < 4.78 is 6.25. The molecule has 1 unspecified atom stereocenters. The van der Waals surface area contributed by atoms with Crippen LogP contribution in [0.1, 0.15) is 111 Å². The highest BCUT2D eigenvalue weighted by molar-refractivity contribution is 5.70. The number of carbonyl (C=O) groups is 1. The van der Waals surface area contributed by atoms with E-state index in [4.69, 9.17) is 4.74 Å². The van der Waals surface area contributed by atoms with Crippen LogP contribution in [0.25, 0.3) is 0 Å². The summed E-state index contributed by atoms with van der Waals surface area (Å²) in [5, 5.41) is 0. The molecule has 0 saturated carbocycles. The number of rotatable bonds is 19. The number of carbonyl (C=O) groups excluding carboxylic acids is 1. The predicted molar refractivity (Wildman–Crippen MR) is 127 cm³/mol. The van der Waals surface area contributed by atoms with Crippen LogP contribution in [0.3, 0.4) is 0 Å².